The molecule has 332 valence electrons. The minimum atomic E-state index is -0.162. The molecule has 4 aliphatic rings. The van der Waals surface area contributed by atoms with Crippen LogP contribution in [-0.2, 0) is 21.7 Å². The number of aryl methyl sites for hydroxylation is 2. The van der Waals surface area contributed by atoms with E-state index in [0.717, 1.165) is 0 Å². The van der Waals surface area contributed by atoms with Crippen molar-refractivity contribution in [2.75, 3.05) is 4.90 Å². The zero-order chi connectivity index (χ0) is 47.1. The third-order valence-electron chi connectivity index (χ3n) is 17.0. The van der Waals surface area contributed by atoms with E-state index in [1.54, 1.807) is 0 Å². The average molecular weight is 879 g/mol. The van der Waals surface area contributed by atoms with Gasteiger partial charge in [-0.05, 0) is 151 Å². The molecule has 1 aromatic heterocycles. The maximum absolute atomic E-state index is 2.71. The van der Waals surface area contributed by atoms with Crippen LogP contribution in [0, 0.1) is 13.8 Å². The summed E-state index contributed by atoms with van der Waals surface area (Å²) in [7, 11) is 0. The smallest absolute Gasteiger partial charge is 0.247 e. The summed E-state index contributed by atoms with van der Waals surface area (Å²) >= 11 is 0. The van der Waals surface area contributed by atoms with E-state index < -0.39 is 0 Å². The summed E-state index contributed by atoms with van der Waals surface area (Å²) in [4.78, 5) is 2.71. The lowest BCUT2D eigenvalue weighted by Crippen LogP contribution is -2.70. The minimum absolute atomic E-state index is 0.0373. The molecule has 0 unspecified atom stereocenters. The van der Waals surface area contributed by atoms with E-state index in [9.17, 15) is 0 Å². The molecular formula is C64H60B2N2. The Bertz CT molecular complexity index is 3480. The highest BCUT2D eigenvalue weighted by Gasteiger charge is 2.52. The fourth-order valence-electron chi connectivity index (χ4n) is 13.9. The molecule has 0 saturated carbocycles. The van der Waals surface area contributed by atoms with E-state index >= 15 is 0 Å². The zero-order valence-electron chi connectivity index (χ0n) is 41.9. The highest BCUT2D eigenvalue weighted by molar-refractivity contribution is 7.03. The van der Waals surface area contributed by atoms with E-state index in [-0.39, 0.29) is 35.1 Å². The third-order valence-corrected chi connectivity index (χ3v) is 17.0. The largest absolute Gasteiger partial charge is 0.313 e. The molecule has 0 fully saturated rings. The second kappa shape index (κ2) is 13.6. The Labute approximate surface area is 404 Å². The van der Waals surface area contributed by atoms with Crippen LogP contribution in [0.5, 0.6) is 0 Å². The van der Waals surface area contributed by atoms with Crippen molar-refractivity contribution in [3.05, 3.63) is 190 Å². The Morgan fingerprint density at radius 2 is 0.912 bits per heavy atom. The molecule has 0 spiro atoms. The van der Waals surface area contributed by atoms with Crippen LogP contribution >= 0.6 is 0 Å². The molecular weight excluding hydrogens is 818 g/mol. The van der Waals surface area contributed by atoms with E-state index in [4.69, 9.17) is 0 Å². The number of rotatable bonds is 2. The van der Waals surface area contributed by atoms with Gasteiger partial charge in [-0.15, -0.1) is 0 Å². The fraction of sp³-hybridized carbons (Fsp3) is 0.250. The van der Waals surface area contributed by atoms with Crippen LogP contribution in [0.1, 0.15) is 114 Å². The average Bonchev–Trinajstić information content (AvgIpc) is 3.63. The molecule has 5 heterocycles. The predicted molar refractivity (Wildman–Crippen MR) is 294 cm³/mol. The summed E-state index contributed by atoms with van der Waals surface area (Å²) in [5.41, 5.74) is 29.8. The number of aromatic nitrogens is 1. The Kier molecular flexibility index (Phi) is 8.33. The van der Waals surface area contributed by atoms with Crippen LogP contribution in [0.15, 0.2) is 146 Å². The predicted octanol–water partition coefficient (Wildman–Crippen LogP) is 12.1. The lowest BCUT2D eigenvalue weighted by molar-refractivity contribution is 0.590. The number of benzene rings is 8. The maximum Gasteiger partial charge on any atom is 0.247 e. The lowest BCUT2D eigenvalue weighted by atomic mass is 9.26. The molecule has 4 heteroatoms. The van der Waals surface area contributed by atoms with Crippen LogP contribution in [-0.4, -0.2) is 18.0 Å². The zero-order valence-corrected chi connectivity index (χ0v) is 41.9. The second-order valence-electron chi connectivity index (χ2n) is 23.9. The molecule has 0 aliphatic carbocycles. The van der Waals surface area contributed by atoms with Gasteiger partial charge < -0.3 is 9.47 Å². The highest BCUT2D eigenvalue weighted by atomic mass is 15.2. The van der Waals surface area contributed by atoms with Crippen molar-refractivity contribution in [2.45, 2.75) is 105 Å². The topological polar surface area (TPSA) is 8.17 Å². The molecule has 2 nitrogen and oxygen atoms in total. The van der Waals surface area contributed by atoms with Gasteiger partial charge in [-0.2, -0.15) is 0 Å². The molecule has 13 rings (SSSR count). The van der Waals surface area contributed by atoms with Gasteiger partial charge in [0.05, 0.1) is 11.0 Å². The van der Waals surface area contributed by atoms with Gasteiger partial charge in [-0.25, -0.2) is 0 Å². The first kappa shape index (κ1) is 41.7. The number of fused-ring (bicyclic) bond motifs is 11. The molecule has 9 aromatic rings. The fourth-order valence-corrected chi connectivity index (χ4v) is 13.9. The molecule has 0 amide bonds. The monoisotopic (exact) mass is 878 g/mol. The summed E-state index contributed by atoms with van der Waals surface area (Å²) in [6.07, 6.45) is 0. The van der Waals surface area contributed by atoms with Crippen LogP contribution < -0.4 is 37.7 Å². The normalized spacial score (nSPS) is 15.8. The molecule has 8 aromatic carbocycles. The number of nitrogens with zero attached hydrogens (tertiary/aromatic N) is 2. The van der Waals surface area contributed by atoms with Crippen molar-refractivity contribution in [3.8, 4) is 16.8 Å². The number of hydrogen-bond donors (Lipinski definition) is 0. The summed E-state index contributed by atoms with van der Waals surface area (Å²) in [5, 5.41) is 2.63. The SMILES string of the molecule is Cc1ccc2c3c1C(C)(C)c1ccccc1B3c1cc(-c3cccc(-n4c5ccc(C(C)(C)C)cc5c5cc(C(C)(C)C)ccc54)c3)cc3c1N2c1ccc(C)c2c1B3c1ccccc1C2(C)C. The quantitative estimate of drug-likeness (QED) is 0.157. The highest BCUT2D eigenvalue weighted by Crippen LogP contribution is 2.48. The van der Waals surface area contributed by atoms with E-state index in [1.807, 2.05) is 0 Å². The molecule has 4 aliphatic heterocycles. The van der Waals surface area contributed by atoms with E-state index in [1.165, 1.54) is 133 Å². The molecule has 0 N–H and O–H groups in total. The molecule has 0 atom stereocenters. The van der Waals surface area contributed by atoms with Gasteiger partial charge in [-0.1, -0.05) is 177 Å². The van der Waals surface area contributed by atoms with Gasteiger partial charge >= 0.3 is 0 Å². The van der Waals surface area contributed by atoms with Crippen LogP contribution in [0.4, 0.5) is 17.1 Å². The first-order valence-electron chi connectivity index (χ1n) is 25.0. The van der Waals surface area contributed by atoms with Gasteiger partial charge in [0.1, 0.15) is 0 Å². The Morgan fingerprint density at radius 1 is 0.441 bits per heavy atom. The minimum Gasteiger partial charge on any atom is -0.313 e. The van der Waals surface area contributed by atoms with Gasteiger partial charge in [0.15, 0.2) is 0 Å². The first-order chi connectivity index (χ1) is 32.4. The summed E-state index contributed by atoms with van der Waals surface area (Å²) in [6.45, 7) is 28.6. The van der Waals surface area contributed by atoms with Crippen molar-refractivity contribution in [1.29, 1.82) is 0 Å². The summed E-state index contributed by atoms with van der Waals surface area (Å²) in [6, 6.07) is 57.4. The Morgan fingerprint density at radius 3 is 1.38 bits per heavy atom. The summed E-state index contributed by atoms with van der Waals surface area (Å²) < 4.78 is 2.52. The van der Waals surface area contributed by atoms with Gasteiger partial charge in [-0.3, -0.25) is 0 Å². The molecule has 68 heavy (non-hydrogen) atoms. The Balaban J connectivity index is 1.12. The van der Waals surface area contributed by atoms with E-state index in [2.05, 4.69) is 238 Å². The molecule has 0 saturated heterocycles. The lowest BCUT2D eigenvalue weighted by Gasteiger charge is -2.51. The number of anilines is 3. The maximum atomic E-state index is 2.71. The van der Waals surface area contributed by atoms with Crippen molar-refractivity contribution in [2.24, 2.45) is 0 Å². The molecule has 0 radical (unpaired) electrons. The summed E-state index contributed by atoms with van der Waals surface area (Å²) in [5.74, 6) is 0. The Hall–Kier alpha value is -6.51. The van der Waals surface area contributed by atoms with Crippen molar-refractivity contribution < 1.29 is 0 Å². The third kappa shape index (κ3) is 5.44. The number of hydrogen-bond acceptors (Lipinski definition) is 1. The van der Waals surface area contributed by atoms with Gasteiger partial charge in [0.25, 0.3) is 0 Å². The van der Waals surface area contributed by atoms with Crippen molar-refractivity contribution >= 4 is 85.1 Å². The van der Waals surface area contributed by atoms with Crippen molar-refractivity contribution in [1.82, 2.24) is 4.57 Å². The first-order valence-corrected chi connectivity index (χ1v) is 25.0. The van der Waals surface area contributed by atoms with E-state index in [0.29, 0.717) is 0 Å². The van der Waals surface area contributed by atoms with Crippen LogP contribution in [0.2, 0.25) is 0 Å². The standard InChI is InChI=1S/C64H60B2N2/c1-37-24-28-54-58-56(37)63(9,10)46-20-13-15-22-48(46)65(58)50-33-40(34-51-60(50)68(54)55-29-25-38(2)57-59(55)66(51)49-23-16-14-21-47(49)64(57,11)12)39-18-17-19-43(32-39)67-52-30-26-41(61(3,4)5)35-44(52)45-36-42(62(6,7)8)27-31-53(45)67/h13-36H,1-12H3. The van der Waals surface area contributed by atoms with Gasteiger partial charge in [0, 0.05) is 44.4 Å². The van der Waals surface area contributed by atoms with Crippen LogP contribution in [0.3, 0.4) is 0 Å². The van der Waals surface area contributed by atoms with Gasteiger partial charge in [0.2, 0.25) is 13.4 Å². The van der Waals surface area contributed by atoms with Crippen molar-refractivity contribution in [3.63, 3.8) is 0 Å². The van der Waals surface area contributed by atoms with Crippen LogP contribution in [0.25, 0.3) is 38.6 Å². The molecule has 0 bridgehead atoms. The second-order valence-corrected chi connectivity index (χ2v) is 23.9.